The van der Waals surface area contributed by atoms with Gasteiger partial charge in [0, 0.05) is 13.2 Å². The van der Waals surface area contributed by atoms with Crippen molar-refractivity contribution in [3.63, 3.8) is 0 Å². The third-order valence-corrected chi connectivity index (χ3v) is 3.38. The van der Waals surface area contributed by atoms with Crippen LogP contribution in [0.3, 0.4) is 0 Å². The molecule has 10 nitrogen and oxygen atoms in total. The Bertz CT molecular complexity index is 732. The van der Waals surface area contributed by atoms with Gasteiger partial charge in [-0.1, -0.05) is 30.3 Å². The predicted octanol–water partition coefficient (Wildman–Crippen LogP) is -1.19. The monoisotopic (exact) mass is 391 g/mol. The molecule has 0 bridgehead atoms. The zero-order chi connectivity index (χ0) is 21.5. The molecule has 0 aliphatic carbocycles. The number of nitrogens with two attached hydrogens (primary N) is 3. The van der Waals surface area contributed by atoms with Gasteiger partial charge in [0.15, 0.2) is 0 Å². The molecule has 0 saturated carbocycles. The number of likely N-dealkylation sites (N-methyl/N-ethyl adjacent to an activating group) is 1. The highest BCUT2D eigenvalue weighted by Gasteiger charge is 2.22. The molecule has 2 rings (SSSR count). The maximum absolute atomic E-state index is 12.2. The van der Waals surface area contributed by atoms with Gasteiger partial charge < -0.3 is 27.8 Å². The van der Waals surface area contributed by atoms with Crippen molar-refractivity contribution in [2.75, 3.05) is 21.1 Å². The Morgan fingerprint density at radius 1 is 1.07 bits per heavy atom. The maximum Gasteiger partial charge on any atom is 0.242 e. The molecule has 8 N–H and O–H groups in total. The van der Waals surface area contributed by atoms with Crippen molar-refractivity contribution < 1.29 is 14.4 Å². The van der Waals surface area contributed by atoms with Crippen LogP contribution in [0.25, 0.3) is 11.3 Å². The molecular weight excluding hydrogens is 362 g/mol. The van der Waals surface area contributed by atoms with Crippen LogP contribution in [0.2, 0.25) is 0 Å². The van der Waals surface area contributed by atoms with Gasteiger partial charge in [-0.3, -0.25) is 19.1 Å². The van der Waals surface area contributed by atoms with Crippen molar-refractivity contribution >= 4 is 17.7 Å². The van der Waals surface area contributed by atoms with Crippen molar-refractivity contribution in [2.45, 2.75) is 19.0 Å². The van der Waals surface area contributed by atoms with E-state index < -0.39 is 23.8 Å². The topological polar surface area (TPSA) is 171 Å². The molecule has 154 valence electrons. The molecule has 10 heteroatoms. The lowest BCUT2D eigenvalue weighted by molar-refractivity contribution is -0.131. The van der Waals surface area contributed by atoms with Crippen LogP contribution in [-0.2, 0) is 20.9 Å². The van der Waals surface area contributed by atoms with E-state index in [0.717, 1.165) is 11.3 Å². The number of amides is 3. The molecule has 0 aliphatic heterocycles. The maximum atomic E-state index is 12.2. The number of nitrogens with zero attached hydrogens (tertiary/aromatic N) is 2. The molecule has 28 heavy (non-hydrogen) atoms. The van der Waals surface area contributed by atoms with Crippen LogP contribution < -0.4 is 27.8 Å². The lowest BCUT2D eigenvalue weighted by Crippen LogP contribution is -2.48. The number of rotatable bonds is 7. The van der Waals surface area contributed by atoms with Crippen LogP contribution >= 0.6 is 0 Å². The first-order chi connectivity index (χ1) is 13.5. The van der Waals surface area contributed by atoms with Crippen LogP contribution in [0, 0.1) is 0 Å². The summed E-state index contributed by atoms with van der Waals surface area (Å²) in [4.78, 5) is 35.0. The van der Waals surface area contributed by atoms with E-state index in [1.165, 1.54) is 25.8 Å². The van der Waals surface area contributed by atoms with Crippen LogP contribution in [0.4, 0.5) is 0 Å². The number of hydrogen-bond donors (Lipinski definition) is 5. The second-order valence-electron chi connectivity index (χ2n) is 5.14. The summed E-state index contributed by atoms with van der Waals surface area (Å²) < 4.78 is 1.52. The first-order valence-electron chi connectivity index (χ1n) is 8.53. The van der Waals surface area contributed by atoms with Gasteiger partial charge >= 0.3 is 0 Å². The minimum Gasteiger partial charge on any atom is -0.370 e. The summed E-state index contributed by atoms with van der Waals surface area (Å²) in [6.07, 6.45) is 1.32. The first kappa shape index (κ1) is 24.8. The van der Waals surface area contributed by atoms with Gasteiger partial charge in [-0.25, -0.2) is 0 Å². The van der Waals surface area contributed by atoms with Crippen molar-refractivity contribution in [3.8, 4) is 11.3 Å². The van der Waals surface area contributed by atoms with Crippen molar-refractivity contribution in [3.05, 3.63) is 42.6 Å². The Hall–Kier alpha value is -3.24. The van der Waals surface area contributed by atoms with Gasteiger partial charge in [0.25, 0.3) is 0 Å². The van der Waals surface area contributed by atoms with E-state index in [1.54, 1.807) is 12.3 Å². The van der Waals surface area contributed by atoms with Gasteiger partial charge in [-0.2, -0.15) is 5.10 Å². The molecule has 1 heterocycles. The summed E-state index contributed by atoms with van der Waals surface area (Å²) in [5.41, 5.74) is 15.8. The van der Waals surface area contributed by atoms with E-state index in [9.17, 15) is 14.4 Å². The zero-order valence-corrected chi connectivity index (χ0v) is 16.4. The molecule has 3 amide bonds. The average molecular weight is 391 g/mol. The predicted molar refractivity (Wildman–Crippen MR) is 108 cm³/mol. The summed E-state index contributed by atoms with van der Waals surface area (Å²) in [6, 6.07) is 10.3. The van der Waals surface area contributed by atoms with Crippen LogP contribution in [0.15, 0.2) is 42.6 Å². The van der Waals surface area contributed by atoms with Crippen LogP contribution in [0.5, 0.6) is 0 Å². The second kappa shape index (κ2) is 13.9. The minimum absolute atomic E-state index is 0.0799. The van der Waals surface area contributed by atoms with E-state index in [0.29, 0.717) is 0 Å². The summed E-state index contributed by atoms with van der Waals surface area (Å²) in [7, 11) is 4.42. The molecule has 0 aliphatic rings. The lowest BCUT2D eigenvalue weighted by Gasteiger charge is -2.16. The third kappa shape index (κ3) is 7.98. The Labute approximate surface area is 164 Å². The lowest BCUT2D eigenvalue weighted by atomic mass is 10.1. The highest BCUT2D eigenvalue weighted by Crippen LogP contribution is 2.17. The molecule has 1 atom stereocenters. The second-order valence-corrected chi connectivity index (χ2v) is 5.14. The Balaban J connectivity index is 0.00000171. The quantitative estimate of drug-likeness (QED) is 0.397. The van der Waals surface area contributed by atoms with Gasteiger partial charge in [0.2, 0.25) is 17.7 Å². The number of nitrogens with one attached hydrogen (secondary N) is 2. The molecular formula is C18H29N7O3. The van der Waals surface area contributed by atoms with E-state index in [-0.39, 0.29) is 13.0 Å². The molecule has 0 spiro atoms. The Morgan fingerprint density at radius 2 is 1.68 bits per heavy atom. The zero-order valence-electron chi connectivity index (χ0n) is 16.4. The van der Waals surface area contributed by atoms with Gasteiger partial charge in [0.1, 0.15) is 12.6 Å². The van der Waals surface area contributed by atoms with E-state index >= 15 is 0 Å². The van der Waals surface area contributed by atoms with Crippen LogP contribution in [0.1, 0.15) is 6.42 Å². The van der Waals surface area contributed by atoms with Crippen molar-refractivity contribution in [1.82, 2.24) is 20.4 Å². The minimum atomic E-state index is -1.00. The van der Waals surface area contributed by atoms with Gasteiger partial charge in [-0.05, 0) is 25.7 Å². The number of hydrogen-bond acceptors (Lipinski definition) is 6. The summed E-state index contributed by atoms with van der Waals surface area (Å²) in [6.45, 7) is -0.0799. The smallest absolute Gasteiger partial charge is 0.242 e. The highest BCUT2D eigenvalue weighted by molar-refractivity contribution is 5.91. The van der Waals surface area contributed by atoms with Crippen molar-refractivity contribution in [2.24, 2.45) is 17.2 Å². The van der Waals surface area contributed by atoms with E-state index in [1.807, 2.05) is 30.3 Å². The Kier molecular flexibility index (Phi) is 12.3. The number of carbonyl (C=O) groups excluding carboxylic acids is 3. The summed E-state index contributed by atoms with van der Waals surface area (Å²) in [5.74, 6) is -1.59. The summed E-state index contributed by atoms with van der Waals surface area (Å²) >= 11 is 0. The largest absolute Gasteiger partial charge is 0.370 e. The van der Waals surface area contributed by atoms with Gasteiger partial charge in [0.05, 0.1) is 12.1 Å². The first-order valence-corrected chi connectivity index (χ1v) is 8.53. The fourth-order valence-corrected chi connectivity index (χ4v) is 2.27. The molecule has 1 aromatic heterocycles. The highest BCUT2D eigenvalue weighted by atomic mass is 16.2. The van der Waals surface area contributed by atoms with Crippen LogP contribution in [-0.4, -0.2) is 54.7 Å². The molecule has 2 aromatic rings. The standard InChI is InChI=1S/C16H19N5O3.2CH5N/c1-18-16(24)12(9-14(17)22)20-15(23)10-21-13(7-8-19-21)11-5-3-2-4-6-11;2*1-2/h2-8,12H,9-10H2,1H3,(H2,17,22)(H,18,24)(H,20,23);2*2H2,1H3/t12-;;/m0../s1. The van der Waals surface area contributed by atoms with E-state index in [2.05, 4.69) is 27.2 Å². The number of carbonyl (C=O) groups is 3. The molecule has 0 unspecified atom stereocenters. The number of aromatic nitrogens is 2. The molecule has 1 aromatic carbocycles. The SMILES string of the molecule is CN.CN.CNC(=O)[C@H](CC(N)=O)NC(=O)Cn1nccc1-c1ccccc1. The summed E-state index contributed by atoms with van der Waals surface area (Å²) in [5, 5.41) is 9.02. The normalized spacial score (nSPS) is 10.3. The Morgan fingerprint density at radius 3 is 2.21 bits per heavy atom. The fraction of sp³-hybridized carbons (Fsp3) is 0.333. The van der Waals surface area contributed by atoms with Gasteiger partial charge in [-0.15, -0.1) is 0 Å². The molecule has 0 radical (unpaired) electrons. The van der Waals surface area contributed by atoms with Crippen molar-refractivity contribution in [1.29, 1.82) is 0 Å². The number of benzene rings is 1. The fourth-order valence-electron chi connectivity index (χ4n) is 2.27. The van der Waals surface area contributed by atoms with E-state index in [4.69, 9.17) is 5.73 Å². The molecule has 0 fully saturated rings. The third-order valence-electron chi connectivity index (χ3n) is 3.38. The average Bonchev–Trinajstić information content (AvgIpc) is 3.18. The molecule has 0 saturated heterocycles. The number of primary amides is 1.